The average molecular weight is 304 g/mol. The van der Waals surface area contributed by atoms with Crippen LogP contribution in [0.2, 0.25) is 0 Å². The standard InChI is InChI=1S/C18H28N2O2/c1-14(2)20(13-15(3)18(21)22)17-9-7-16(8-10-17)19-11-5-4-6-12-19/h7-10,14-15H,4-6,11-13H2,1-3H3,(H,21,22). The molecule has 0 aromatic heterocycles. The van der Waals surface area contributed by atoms with E-state index in [0.717, 1.165) is 18.8 Å². The van der Waals surface area contributed by atoms with Crippen LogP contribution in [0.5, 0.6) is 0 Å². The van der Waals surface area contributed by atoms with Crippen LogP contribution >= 0.6 is 0 Å². The topological polar surface area (TPSA) is 43.8 Å². The van der Waals surface area contributed by atoms with E-state index in [1.807, 2.05) is 0 Å². The van der Waals surface area contributed by atoms with Gasteiger partial charge in [-0.2, -0.15) is 0 Å². The van der Waals surface area contributed by atoms with Gasteiger partial charge in [-0.1, -0.05) is 6.92 Å². The summed E-state index contributed by atoms with van der Waals surface area (Å²) < 4.78 is 0. The molecular formula is C18H28N2O2. The van der Waals surface area contributed by atoms with Crippen molar-refractivity contribution in [3.8, 4) is 0 Å². The first-order chi connectivity index (χ1) is 10.5. The zero-order valence-corrected chi connectivity index (χ0v) is 14.0. The maximum atomic E-state index is 11.1. The van der Waals surface area contributed by atoms with Crippen LogP contribution in [0.4, 0.5) is 11.4 Å². The molecule has 0 amide bonds. The van der Waals surface area contributed by atoms with Gasteiger partial charge in [0.05, 0.1) is 5.92 Å². The number of carbonyl (C=O) groups is 1. The Bertz CT molecular complexity index is 478. The minimum Gasteiger partial charge on any atom is -0.481 e. The molecule has 4 heteroatoms. The summed E-state index contributed by atoms with van der Waals surface area (Å²) in [6, 6.07) is 8.86. The lowest BCUT2D eigenvalue weighted by Gasteiger charge is -2.32. The number of anilines is 2. The molecule has 4 nitrogen and oxygen atoms in total. The van der Waals surface area contributed by atoms with E-state index < -0.39 is 5.97 Å². The highest BCUT2D eigenvalue weighted by molar-refractivity contribution is 5.70. The summed E-state index contributed by atoms with van der Waals surface area (Å²) >= 11 is 0. The summed E-state index contributed by atoms with van der Waals surface area (Å²) in [5.74, 6) is -1.11. The Morgan fingerprint density at radius 2 is 1.73 bits per heavy atom. The molecule has 2 rings (SSSR count). The van der Waals surface area contributed by atoms with Gasteiger partial charge in [-0.05, 0) is 57.4 Å². The van der Waals surface area contributed by atoms with Crippen molar-refractivity contribution in [2.75, 3.05) is 29.4 Å². The first kappa shape index (κ1) is 16.7. The van der Waals surface area contributed by atoms with Crippen LogP contribution in [-0.4, -0.2) is 36.8 Å². The average Bonchev–Trinajstić information content (AvgIpc) is 2.53. The summed E-state index contributed by atoms with van der Waals surface area (Å²) in [6.45, 7) is 8.79. The Hall–Kier alpha value is -1.71. The molecule has 0 bridgehead atoms. The number of piperidine rings is 1. The summed E-state index contributed by atoms with van der Waals surface area (Å²) in [6.07, 6.45) is 3.88. The Morgan fingerprint density at radius 1 is 1.14 bits per heavy atom. The summed E-state index contributed by atoms with van der Waals surface area (Å²) in [7, 11) is 0. The lowest BCUT2D eigenvalue weighted by molar-refractivity contribution is -0.140. The molecule has 22 heavy (non-hydrogen) atoms. The van der Waals surface area contributed by atoms with Gasteiger partial charge in [0, 0.05) is 37.1 Å². The molecule has 122 valence electrons. The first-order valence-corrected chi connectivity index (χ1v) is 8.33. The van der Waals surface area contributed by atoms with Crippen molar-refractivity contribution < 1.29 is 9.90 Å². The molecule has 1 saturated heterocycles. The van der Waals surface area contributed by atoms with Gasteiger partial charge >= 0.3 is 5.97 Å². The SMILES string of the molecule is CC(CN(c1ccc(N2CCCCC2)cc1)C(C)C)C(=O)O. The molecule has 1 heterocycles. The number of hydrogen-bond donors (Lipinski definition) is 1. The van der Waals surface area contributed by atoms with Gasteiger partial charge in [-0.15, -0.1) is 0 Å². The summed E-state index contributed by atoms with van der Waals surface area (Å²) in [4.78, 5) is 15.7. The number of hydrogen-bond acceptors (Lipinski definition) is 3. The maximum absolute atomic E-state index is 11.1. The van der Waals surface area contributed by atoms with Crippen LogP contribution in [0.3, 0.4) is 0 Å². The van der Waals surface area contributed by atoms with Crippen LogP contribution in [0.25, 0.3) is 0 Å². The van der Waals surface area contributed by atoms with E-state index >= 15 is 0 Å². The normalized spacial score (nSPS) is 16.6. The van der Waals surface area contributed by atoms with Crippen LogP contribution in [0.1, 0.15) is 40.0 Å². The molecule has 1 aromatic carbocycles. The third-order valence-electron chi connectivity index (χ3n) is 4.42. The molecule has 1 unspecified atom stereocenters. The van der Waals surface area contributed by atoms with Gasteiger partial charge in [0.15, 0.2) is 0 Å². The van der Waals surface area contributed by atoms with Crippen molar-refractivity contribution in [3.05, 3.63) is 24.3 Å². The van der Waals surface area contributed by atoms with E-state index in [1.54, 1.807) is 6.92 Å². The van der Waals surface area contributed by atoms with E-state index in [9.17, 15) is 4.79 Å². The lowest BCUT2D eigenvalue weighted by atomic mass is 10.1. The van der Waals surface area contributed by atoms with E-state index in [0.29, 0.717) is 6.54 Å². The number of nitrogens with zero attached hydrogens (tertiary/aromatic N) is 2. The van der Waals surface area contributed by atoms with Crippen molar-refractivity contribution in [2.24, 2.45) is 5.92 Å². The molecule has 0 spiro atoms. The molecular weight excluding hydrogens is 276 g/mol. The van der Waals surface area contributed by atoms with Crippen molar-refractivity contribution in [1.82, 2.24) is 0 Å². The van der Waals surface area contributed by atoms with Crippen molar-refractivity contribution >= 4 is 17.3 Å². The largest absolute Gasteiger partial charge is 0.481 e. The quantitative estimate of drug-likeness (QED) is 0.872. The maximum Gasteiger partial charge on any atom is 0.308 e. The first-order valence-electron chi connectivity index (χ1n) is 8.33. The van der Waals surface area contributed by atoms with E-state index in [2.05, 4.69) is 47.9 Å². The second-order valence-corrected chi connectivity index (χ2v) is 6.55. The number of benzene rings is 1. The second-order valence-electron chi connectivity index (χ2n) is 6.55. The lowest BCUT2D eigenvalue weighted by Crippen LogP contribution is -2.37. The Balaban J connectivity index is 2.09. The van der Waals surface area contributed by atoms with Crippen molar-refractivity contribution in [2.45, 2.75) is 46.1 Å². The molecule has 1 aliphatic heterocycles. The minimum atomic E-state index is -0.740. The zero-order chi connectivity index (χ0) is 16.1. The monoisotopic (exact) mass is 304 g/mol. The van der Waals surface area contributed by atoms with Crippen molar-refractivity contribution in [3.63, 3.8) is 0 Å². The molecule has 1 atom stereocenters. The van der Waals surface area contributed by atoms with Gasteiger partial charge in [0.2, 0.25) is 0 Å². The van der Waals surface area contributed by atoms with E-state index in [1.165, 1.54) is 24.9 Å². The molecule has 1 aliphatic rings. The van der Waals surface area contributed by atoms with Crippen LogP contribution in [-0.2, 0) is 4.79 Å². The van der Waals surface area contributed by atoms with Crippen molar-refractivity contribution in [1.29, 1.82) is 0 Å². The minimum absolute atomic E-state index is 0.280. The van der Waals surface area contributed by atoms with E-state index in [-0.39, 0.29) is 12.0 Å². The van der Waals surface area contributed by atoms with Crippen LogP contribution in [0, 0.1) is 5.92 Å². The molecule has 1 N–H and O–H groups in total. The number of carboxylic acid groups (broad SMARTS) is 1. The number of rotatable bonds is 6. The third-order valence-corrected chi connectivity index (χ3v) is 4.42. The third kappa shape index (κ3) is 4.15. The fourth-order valence-electron chi connectivity index (χ4n) is 2.99. The van der Waals surface area contributed by atoms with Crippen LogP contribution in [0.15, 0.2) is 24.3 Å². The Kier molecular flexibility index (Phi) is 5.69. The van der Waals surface area contributed by atoms with E-state index in [4.69, 9.17) is 5.11 Å². The van der Waals surface area contributed by atoms with Gasteiger partial charge in [0.25, 0.3) is 0 Å². The predicted molar refractivity (Wildman–Crippen MR) is 91.8 cm³/mol. The smallest absolute Gasteiger partial charge is 0.308 e. The summed E-state index contributed by atoms with van der Waals surface area (Å²) in [5, 5.41) is 9.14. The fourth-order valence-corrected chi connectivity index (χ4v) is 2.99. The predicted octanol–water partition coefficient (Wildman–Crippen LogP) is 3.61. The highest BCUT2D eigenvalue weighted by atomic mass is 16.4. The number of carboxylic acids is 1. The Morgan fingerprint density at radius 3 is 2.23 bits per heavy atom. The summed E-state index contributed by atoms with van der Waals surface area (Å²) in [5.41, 5.74) is 2.38. The fraction of sp³-hybridized carbons (Fsp3) is 0.611. The van der Waals surface area contributed by atoms with Gasteiger partial charge in [0.1, 0.15) is 0 Å². The second kappa shape index (κ2) is 7.52. The highest BCUT2D eigenvalue weighted by Crippen LogP contribution is 2.25. The molecule has 0 saturated carbocycles. The Labute approximate surface area is 133 Å². The highest BCUT2D eigenvalue weighted by Gasteiger charge is 2.19. The molecule has 0 aliphatic carbocycles. The van der Waals surface area contributed by atoms with Crippen LogP contribution < -0.4 is 9.80 Å². The van der Waals surface area contributed by atoms with Gasteiger partial charge in [-0.3, -0.25) is 4.79 Å². The number of aliphatic carboxylic acids is 1. The van der Waals surface area contributed by atoms with Gasteiger partial charge < -0.3 is 14.9 Å². The van der Waals surface area contributed by atoms with Gasteiger partial charge in [-0.25, -0.2) is 0 Å². The molecule has 1 fully saturated rings. The molecule has 1 aromatic rings. The zero-order valence-electron chi connectivity index (χ0n) is 14.0. The molecule has 0 radical (unpaired) electrons.